The Morgan fingerprint density at radius 1 is 0.968 bits per heavy atom. The molecule has 0 radical (unpaired) electrons. The van der Waals surface area contributed by atoms with E-state index in [1.807, 2.05) is 24.4 Å². The average molecular weight is 412 g/mol. The third-order valence-electron chi connectivity index (χ3n) is 5.40. The smallest absolute Gasteiger partial charge is 0.224 e. The summed E-state index contributed by atoms with van der Waals surface area (Å²) in [6.45, 7) is 1.43. The highest BCUT2D eigenvalue weighted by Crippen LogP contribution is 2.24. The summed E-state index contributed by atoms with van der Waals surface area (Å²) in [6.07, 6.45) is 6.64. The number of H-pyrrole nitrogens is 2. The fraction of sp³-hybridized carbons (Fsp3) is 0.167. The molecular weight excluding hydrogens is 388 g/mol. The fourth-order valence-electron chi connectivity index (χ4n) is 3.74. The molecule has 156 valence electrons. The molecule has 3 aromatic heterocycles. The number of ether oxygens (including phenoxy) is 1. The largest absolute Gasteiger partial charge is 0.497 e. The van der Waals surface area contributed by atoms with Gasteiger partial charge in [-0.05, 0) is 59.3 Å². The Hall–Kier alpha value is -4.00. The standard InChI is InChI=1S/C24H24N6O/c1-31-19-4-5-21-20(13-19)18(15-28-21)7-10-26-23-8-11-27-24(30-23)29-14-16-2-3-17-6-9-25-22(17)12-16/h2-6,8-9,11-13,15,25,28H,7,10,14H2,1H3,(H2,26,27,29,30). The van der Waals surface area contributed by atoms with Gasteiger partial charge in [0, 0.05) is 48.1 Å². The van der Waals surface area contributed by atoms with Crippen molar-refractivity contribution in [3.05, 3.63) is 78.2 Å². The second kappa shape index (κ2) is 8.39. The average Bonchev–Trinajstić information content (AvgIpc) is 3.44. The second-order valence-corrected chi connectivity index (χ2v) is 7.42. The Labute approximate surface area is 179 Å². The molecule has 0 saturated carbocycles. The Kier molecular flexibility index (Phi) is 5.14. The molecule has 5 rings (SSSR count). The molecule has 0 aliphatic carbocycles. The molecule has 0 bridgehead atoms. The first-order valence-electron chi connectivity index (χ1n) is 10.3. The van der Waals surface area contributed by atoms with Crippen molar-refractivity contribution in [1.29, 1.82) is 0 Å². The van der Waals surface area contributed by atoms with E-state index in [0.717, 1.165) is 35.6 Å². The molecule has 7 nitrogen and oxygen atoms in total. The molecule has 7 heteroatoms. The predicted octanol–water partition coefficient (Wildman–Crippen LogP) is 4.71. The van der Waals surface area contributed by atoms with Gasteiger partial charge in [0.15, 0.2) is 0 Å². The van der Waals surface area contributed by atoms with Crippen molar-refractivity contribution >= 4 is 33.6 Å². The Bertz CT molecular complexity index is 1320. The lowest BCUT2D eigenvalue weighted by molar-refractivity contribution is 0.415. The van der Waals surface area contributed by atoms with Crippen molar-refractivity contribution in [3.8, 4) is 5.75 Å². The van der Waals surface area contributed by atoms with Gasteiger partial charge in [-0.25, -0.2) is 4.98 Å². The number of fused-ring (bicyclic) bond motifs is 2. The van der Waals surface area contributed by atoms with E-state index in [4.69, 9.17) is 4.74 Å². The van der Waals surface area contributed by atoms with Crippen molar-refractivity contribution in [2.75, 3.05) is 24.3 Å². The van der Waals surface area contributed by atoms with Gasteiger partial charge in [-0.15, -0.1) is 0 Å². The summed E-state index contributed by atoms with van der Waals surface area (Å²) in [4.78, 5) is 15.5. The zero-order valence-electron chi connectivity index (χ0n) is 17.3. The summed E-state index contributed by atoms with van der Waals surface area (Å²) in [7, 11) is 1.69. The van der Waals surface area contributed by atoms with Crippen molar-refractivity contribution < 1.29 is 4.74 Å². The molecule has 3 heterocycles. The van der Waals surface area contributed by atoms with E-state index in [1.54, 1.807) is 13.3 Å². The molecule has 0 saturated heterocycles. The van der Waals surface area contributed by atoms with Gasteiger partial charge in [0.25, 0.3) is 0 Å². The van der Waals surface area contributed by atoms with Crippen molar-refractivity contribution in [1.82, 2.24) is 19.9 Å². The number of methoxy groups -OCH3 is 1. The number of rotatable bonds is 8. The summed E-state index contributed by atoms with van der Waals surface area (Å²) in [5.41, 5.74) is 4.66. The number of hydrogen-bond acceptors (Lipinski definition) is 5. The minimum Gasteiger partial charge on any atom is -0.497 e. The molecular formula is C24H24N6O. The van der Waals surface area contributed by atoms with Gasteiger partial charge in [0.2, 0.25) is 5.95 Å². The molecule has 0 amide bonds. The van der Waals surface area contributed by atoms with Gasteiger partial charge in [-0.3, -0.25) is 0 Å². The topological polar surface area (TPSA) is 90.6 Å². The summed E-state index contributed by atoms with van der Waals surface area (Å²) >= 11 is 0. The van der Waals surface area contributed by atoms with E-state index in [0.29, 0.717) is 12.5 Å². The normalized spacial score (nSPS) is 11.1. The third-order valence-corrected chi connectivity index (χ3v) is 5.40. The maximum absolute atomic E-state index is 5.35. The second-order valence-electron chi connectivity index (χ2n) is 7.42. The van der Waals surface area contributed by atoms with Crippen LogP contribution in [0.5, 0.6) is 5.75 Å². The molecule has 0 aliphatic rings. The molecule has 0 fully saturated rings. The fourth-order valence-corrected chi connectivity index (χ4v) is 3.74. The number of hydrogen-bond donors (Lipinski definition) is 4. The van der Waals surface area contributed by atoms with Gasteiger partial charge in [-0.1, -0.05) is 12.1 Å². The lowest BCUT2D eigenvalue weighted by Crippen LogP contribution is -2.09. The molecule has 5 aromatic rings. The first kappa shape index (κ1) is 19.0. The molecule has 31 heavy (non-hydrogen) atoms. The van der Waals surface area contributed by atoms with Crippen LogP contribution in [0.2, 0.25) is 0 Å². The predicted molar refractivity (Wildman–Crippen MR) is 125 cm³/mol. The van der Waals surface area contributed by atoms with E-state index in [2.05, 4.69) is 67.1 Å². The summed E-state index contributed by atoms with van der Waals surface area (Å²) in [5, 5.41) is 9.09. The monoisotopic (exact) mass is 412 g/mol. The number of nitrogens with one attached hydrogen (secondary N) is 4. The number of anilines is 2. The first-order chi connectivity index (χ1) is 15.3. The minimum atomic E-state index is 0.605. The van der Waals surface area contributed by atoms with Crippen LogP contribution in [0.4, 0.5) is 11.8 Å². The van der Waals surface area contributed by atoms with Gasteiger partial charge >= 0.3 is 0 Å². The van der Waals surface area contributed by atoms with Crippen LogP contribution in [-0.4, -0.2) is 33.6 Å². The number of aromatic amines is 2. The van der Waals surface area contributed by atoms with E-state index in [1.165, 1.54) is 21.9 Å². The van der Waals surface area contributed by atoms with Gasteiger partial charge in [0.1, 0.15) is 11.6 Å². The number of nitrogens with zero attached hydrogens (tertiary/aromatic N) is 2. The third kappa shape index (κ3) is 4.16. The first-order valence-corrected chi connectivity index (χ1v) is 10.3. The SMILES string of the molecule is COc1ccc2[nH]cc(CCNc3ccnc(NCc4ccc5cc[nH]c5c4)n3)c2c1. The molecule has 0 spiro atoms. The molecule has 2 aromatic carbocycles. The number of aromatic nitrogens is 4. The van der Waals surface area contributed by atoms with Crippen LogP contribution in [0.3, 0.4) is 0 Å². The Morgan fingerprint density at radius 3 is 2.87 bits per heavy atom. The van der Waals surface area contributed by atoms with Gasteiger partial charge in [-0.2, -0.15) is 4.98 Å². The molecule has 0 unspecified atom stereocenters. The Balaban J connectivity index is 1.19. The maximum Gasteiger partial charge on any atom is 0.224 e. The van der Waals surface area contributed by atoms with E-state index in [-0.39, 0.29) is 0 Å². The summed E-state index contributed by atoms with van der Waals surface area (Å²) < 4.78 is 5.35. The highest BCUT2D eigenvalue weighted by molar-refractivity contribution is 5.84. The summed E-state index contributed by atoms with van der Waals surface area (Å²) in [6, 6.07) is 16.4. The minimum absolute atomic E-state index is 0.605. The summed E-state index contributed by atoms with van der Waals surface area (Å²) in [5.74, 6) is 2.27. The zero-order valence-corrected chi connectivity index (χ0v) is 17.3. The Morgan fingerprint density at radius 2 is 1.94 bits per heavy atom. The van der Waals surface area contributed by atoms with Gasteiger partial charge < -0.3 is 25.3 Å². The maximum atomic E-state index is 5.35. The highest BCUT2D eigenvalue weighted by atomic mass is 16.5. The van der Waals surface area contributed by atoms with Crippen molar-refractivity contribution in [2.24, 2.45) is 0 Å². The van der Waals surface area contributed by atoms with Crippen LogP contribution in [0.25, 0.3) is 21.8 Å². The van der Waals surface area contributed by atoms with E-state index in [9.17, 15) is 0 Å². The van der Waals surface area contributed by atoms with Crippen LogP contribution in [0.15, 0.2) is 67.1 Å². The van der Waals surface area contributed by atoms with Gasteiger partial charge in [0.05, 0.1) is 7.11 Å². The lowest BCUT2D eigenvalue weighted by Gasteiger charge is -2.09. The van der Waals surface area contributed by atoms with Crippen molar-refractivity contribution in [3.63, 3.8) is 0 Å². The quantitative estimate of drug-likeness (QED) is 0.296. The van der Waals surface area contributed by atoms with Crippen LogP contribution >= 0.6 is 0 Å². The van der Waals surface area contributed by atoms with Crippen molar-refractivity contribution in [2.45, 2.75) is 13.0 Å². The van der Waals surface area contributed by atoms with Crippen LogP contribution in [0, 0.1) is 0 Å². The molecule has 0 atom stereocenters. The van der Waals surface area contributed by atoms with Crippen LogP contribution in [-0.2, 0) is 13.0 Å². The molecule has 0 aliphatic heterocycles. The van der Waals surface area contributed by atoms with Crippen LogP contribution in [0.1, 0.15) is 11.1 Å². The highest BCUT2D eigenvalue weighted by Gasteiger charge is 2.06. The molecule has 4 N–H and O–H groups in total. The van der Waals surface area contributed by atoms with Crippen LogP contribution < -0.4 is 15.4 Å². The lowest BCUT2D eigenvalue weighted by atomic mass is 10.1. The van der Waals surface area contributed by atoms with E-state index >= 15 is 0 Å². The zero-order chi connectivity index (χ0) is 21.0. The van der Waals surface area contributed by atoms with E-state index < -0.39 is 0 Å². The number of benzene rings is 2.